The zero-order chi connectivity index (χ0) is 30.2. The third-order valence-corrected chi connectivity index (χ3v) is 8.37. The molecule has 0 bridgehead atoms. The van der Waals surface area contributed by atoms with Crippen LogP contribution in [0.5, 0.6) is 0 Å². The largest absolute Gasteiger partial charge is 0.252 e. The lowest BCUT2D eigenvalue weighted by Crippen LogP contribution is -2.08. The van der Waals surface area contributed by atoms with Crippen LogP contribution >= 0.6 is 0 Å². The highest BCUT2D eigenvalue weighted by molar-refractivity contribution is 6.42. The Morgan fingerprint density at radius 1 is 0.595 bits per heavy atom. The minimum absolute atomic E-state index is 0.862. The molecule has 0 saturated carbocycles. The maximum Gasteiger partial charge on any atom is 0.0642 e. The van der Waals surface area contributed by atoms with Crippen molar-refractivity contribution in [3.05, 3.63) is 82.9 Å². The van der Waals surface area contributed by atoms with Crippen LogP contribution in [0.1, 0.15) is 128 Å². The van der Waals surface area contributed by atoms with E-state index >= 15 is 0 Å². The molecule has 2 nitrogen and oxygen atoms in total. The monoisotopic (exact) mass is 564 g/mol. The minimum Gasteiger partial charge on any atom is -0.252 e. The number of aryl methyl sites for hydroxylation is 3. The number of benzene rings is 3. The molecule has 3 aromatic carbocycles. The third kappa shape index (κ3) is 10.7. The summed E-state index contributed by atoms with van der Waals surface area (Å²) in [6, 6.07) is 22.4. The van der Waals surface area contributed by atoms with Crippen LogP contribution in [0.2, 0.25) is 0 Å². The molecule has 0 unspecified atom stereocenters. The van der Waals surface area contributed by atoms with Crippen molar-refractivity contribution in [2.24, 2.45) is 9.98 Å². The first kappa shape index (κ1) is 33.5. The van der Waals surface area contributed by atoms with Gasteiger partial charge in [-0.3, -0.25) is 9.98 Å². The van der Waals surface area contributed by atoms with E-state index in [2.05, 4.69) is 102 Å². The van der Waals surface area contributed by atoms with Gasteiger partial charge in [0, 0.05) is 0 Å². The number of rotatable bonds is 18. The molecule has 0 aliphatic heterocycles. The number of hydrogen-bond donors (Lipinski definition) is 0. The van der Waals surface area contributed by atoms with Gasteiger partial charge in [0.25, 0.3) is 0 Å². The summed E-state index contributed by atoms with van der Waals surface area (Å²) in [7, 11) is 0. The molecule has 3 rings (SSSR count). The molecule has 42 heavy (non-hydrogen) atoms. The van der Waals surface area contributed by atoms with E-state index in [4.69, 9.17) is 9.98 Å². The van der Waals surface area contributed by atoms with Crippen molar-refractivity contribution in [3.8, 4) is 11.1 Å². The molecule has 0 aliphatic rings. The molecule has 226 valence electrons. The van der Waals surface area contributed by atoms with E-state index < -0.39 is 0 Å². The molecular formula is C40H56N2. The zero-order valence-electron chi connectivity index (χ0n) is 27.6. The lowest BCUT2D eigenvalue weighted by molar-refractivity contribution is 0.607. The Bertz CT molecular complexity index is 1280. The molecule has 0 heterocycles. The average molecular weight is 565 g/mol. The maximum absolute atomic E-state index is 5.23. The van der Waals surface area contributed by atoms with Crippen molar-refractivity contribution in [3.63, 3.8) is 0 Å². The number of aliphatic imine (C=N–C) groups is 2. The SMILES string of the molecule is CCCCCCCCc1cc(CCCC)cc(N=C(CC)C(C)=Nc2cc(CCCC)c(C)c(-c3ccccc3)c2)c1. The van der Waals surface area contributed by atoms with Crippen LogP contribution in [-0.2, 0) is 19.3 Å². The second-order valence-corrected chi connectivity index (χ2v) is 12.0. The van der Waals surface area contributed by atoms with E-state index in [9.17, 15) is 0 Å². The van der Waals surface area contributed by atoms with Gasteiger partial charge in [-0.1, -0.05) is 109 Å². The third-order valence-electron chi connectivity index (χ3n) is 8.37. The summed E-state index contributed by atoms with van der Waals surface area (Å²) in [6.45, 7) is 13.4. The topological polar surface area (TPSA) is 24.7 Å². The summed E-state index contributed by atoms with van der Waals surface area (Å²) >= 11 is 0. The molecule has 0 spiro atoms. The summed E-state index contributed by atoms with van der Waals surface area (Å²) in [5, 5.41) is 0. The van der Waals surface area contributed by atoms with Crippen molar-refractivity contribution in [2.45, 2.75) is 131 Å². The Morgan fingerprint density at radius 3 is 1.86 bits per heavy atom. The molecule has 0 aliphatic carbocycles. The Hall–Kier alpha value is -3.00. The highest BCUT2D eigenvalue weighted by atomic mass is 14.8. The van der Waals surface area contributed by atoms with E-state index in [0.29, 0.717) is 0 Å². The Kier molecular flexibility index (Phi) is 14.8. The van der Waals surface area contributed by atoms with Crippen LogP contribution in [-0.4, -0.2) is 11.4 Å². The fourth-order valence-electron chi connectivity index (χ4n) is 5.78. The first-order valence-corrected chi connectivity index (χ1v) is 16.9. The molecule has 0 aromatic heterocycles. The van der Waals surface area contributed by atoms with Gasteiger partial charge in [0.15, 0.2) is 0 Å². The van der Waals surface area contributed by atoms with Gasteiger partial charge >= 0.3 is 0 Å². The summed E-state index contributed by atoms with van der Waals surface area (Å²) in [5.74, 6) is 0. The Morgan fingerprint density at radius 2 is 1.19 bits per heavy atom. The second-order valence-electron chi connectivity index (χ2n) is 12.0. The van der Waals surface area contributed by atoms with Crippen LogP contribution in [0.4, 0.5) is 11.4 Å². The molecule has 0 atom stereocenters. The van der Waals surface area contributed by atoms with Crippen LogP contribution in [0.25, 0.3) is 11.1 Å². The van der Waals surface area contributed by atoms with Gasteiger partial charge in [-0.05, 0) is 116 Å². The van der Waals surface area contributed by atoms with Crippen molar-refractivity contribution in [1.29, 1.82) is 0 Å². The van der Waals surface area contributed by atoms with E-state index in [1.165, 1.54) is 97.6 Å². The molecule has 3 aromatic rings. The van der Waals surface area contributed by atoms with Gasteiger partial charge in [0.05, 0.1) is 22.8 Å². The summed E-state index contributed by atoms with van der Waals surface area (Å²) < 4.78 is 0. The summed E-state index contributed by atoms with van der Waals surface area (Å²) in [4.78, 5) is 10.4. The van der Waals surface area contributed by atoms with Crippen LogP contribution in [0, 0.1) is 6.92 Å². The molecule has 0 radical (unpaired) electrons. The van der Waals surface area contributed by atoms with E-state index in [0.717, 1.165) is 48.5 Å². The van der Waals surface area contributed by atoms with E-state index in [-0.39, 0.29) is 0 Å². The summed E-state index contributed by atoms with van der Waals surface area (Å²) in [5.41, 5.74) is 12.4. The number of hydrogen-bond acceptors (Lipinski definition) is 2. The molecule has 0 fully saturated rings. The van der Waals surface area contributed by atoms with Crippen molar-refractivity contribution in [2.75, 3.05) is 0 Å². The maximum atomic E-state index is 5.23. The first-order valence-electron chi connectivity index (χ1n) is 16.9. The molecule has 0 N–H and O–H groups in total. The minimum atomic E-state index is 0.862. The van der Waals surface area contributed by atoms with Gasteiger partial charge < -0.3 is 0 Å². The fourth-order valence-corrected chi connectivity index (χ4v) is 5.78. The summed E-state index contributed by atoms with van der Waals surface area (Å²) in [6.07, 6.45) is 17.0. The van der Waals surface area contributed by atoms with E-state index in [1.807, 2.05) is 0 Å². The molecule has 0 saturated heterocycles. The van der Waals surface area contributed by atoms with Crippen LogP contribution in [0.15, 0.2) is 70.6 Å². The second kappa shape index (κ2) is 18.5. The van der Waals surface area contributed by atoms with Gasteiger partial charge in [0.2, 0.25) is 0 Å². The quantitative estimate of drug-likeness (QED) is 0.108. The predicted molar refractivity (Wildman–Crippen MR) is 188 cm³/mol. The number of unbranched alkanes of at least 4 members (excludes halogenated alkanes) is 7. The number of nitrogens with zero attached hydrogens (tertiary/aromatic N) is 2. The zero-order valence-corrected chi connectivity index (χ0v) is 27.6. The van der Waals surface area contributed by atoms with Gasteiger partial charge in [-0.15, -0.1) is 0 Å². The van der Waals surface area contributed by atoms with Gasteiger partial charge in [0.1, 0.15) is 0 Å². The van der Waals surface area contributed by atoms with Crippen LogP contribution < -0.4 is 0 Å². The van der Waals surface area contributed by atoms with Crippen molar-refractivity contribution < 1.29 is 0 Å². The molecular weight excluding hydrogens is 508 g/mol. The van der Waals surface area contributed by atoms with Crippen LogP contribution in [0.3, 0.4) is 0 Å². The van der Waals surface area contributed by atoms with Crippen molar-refractivity contribution >= 4 is 22.8 Å². The standard InChI is InChI=1S/C40H56N2/c1-7-11-14-15-16-18-22-34-26-33(21-12-8-2)27-37(28-34)42-40(10-4)32(6)41-38-29-36(23-13-9-3)31(5)39(30-38)35-24-19-17-20-25-35/h17,19-20,24-30H,7-16,18,21-23H2,1-6H3. The van der Waals surface area contributed by atoms with E-state index in [1.54, 1.807) is 0 Å². The Balaban J connectivity index is 1.92. The lowest BCUT2D eigenvalue weighted by atomic mass is 9.93. The van der Waals surface area contributed by atoms with Crippen molar-refractivity contribution in [1.82, 2.24) is 0 Å². The normalized spacial score (nSPS) is 12.2. The van der Waals surface area contributed by atoms with Gasteiger partial charge in [-0.2, -0.15) is 0 Å². The Labute approximate surface area is 257 Å². The van der Waals surface area contributed by atoms with Gasteiger partial charge in [-0.25, -0.2) is 0 Å². The lowest BCUT2D eigenvalue weighted by Gasteiger charge is -2.14. The fraction of sp³-hybridized carbons (Fsp3) is 0.500. The molecule has 0 amide bonds. The predicted octanol–water partition coefficient (Wildman–Crippen LogP) is 12.5. The smallest absolute Gasteiger partial charge is 0.0642 e. The molecule has 2 heteroatoms. The average Bonchev–Trinajstić information content (AvgIpc) is 3.00. The highest BCUT2D eigenvalue weighted by Crippen LogP contribution is 2.32. The first-order chi connectivity index (χ1) is 20.5. The highest BCUT2D eigenvalue weighted by Gasteiger charge is 2.11.